The maximum atomic E-state index is 12.5. The van der Waals surface area contributed by atoms with Crippen LogP contribution in [-0.4, -0.2) is 32.8 Å². The van der Waals surface area contributed by atoms with Gasteiger partial charge in [-0.3, -0.25) is 4.79 Å². The second kappa shape index (κ2) is 5.11. The summed E-state index contributed by atoms with van der Waals surface area (Å²) in [5, 5.41) is 10.1. The molecule has 0 aromatic carbocycles. The highest BCUT2D eigenvalue weighted by molar-refractivity contribution is 5.92. The second-order valence-corrected chi connectivity index (χ2v) is 5.45. The van der Waals surface area contributed by atoms with Crippen LogP contribution in [0, 0.1) is 12.8 Å². The molecule has 1 saturated heterocycles. The first-order chi connectivity index (χ1) is 9.65. The number of hydrogen-bond acceptors (Lipinski definition) is 4. The van der Waals surface area contributed by atoms with Crippen molar-refractivity contribution in [1.82, 2.24) is 20.3 Å². The standard InChI is InChI=1S/C14H18N4O2/c1-9-5-6-18(14(19)11-8-15-17-16-11)12(7-9)13-4-3-10(2)20-13/h3-4,8-9,12H,5-7H2,1-2H3,(H,15,16,17). The Morgan fingerprint density at radius 1 is 1.50 bits per heavy atom. The van der Waals surface area contributed by atoms with Gasteiger partial charge in [-0.25, -0.2) is 0 Å². The van der Waals surface area contributed by atoms with E-state index < -0.39 is 0 Å². The first-order valence-electron chi connectivity index (χ1n) is 6.88. The van der Waals surface area contributed by atoms with Crippen LogP contribution in [0.5, 0.6) is 0 Å². The molecule has 3 heterocycles. The molecule has 3 rings (SSSR count). The Balaban J connectivity index is 1.89. The van der Waals surface area contributed by atoms with Gasteiger partial charge in [0.2, 0.25) is 0 Å². The van der Waals surface area contributed by atoms with Gasteiger partial charge < -0.3 is 9.32 Å². The number of nitrogens with zero attached hydrogens (tertiary/aromatic N) is 3. The van der Waals surface area contributed by atoms with Gasteiger partial charge in [0.05, 0.1) is 12.2 Å². The lowest BCUT2D eigenvalue weighted by Crippen LogP contribution is -2.40. The summed E-state index contributed by atoms with van der Waals surface area (Å²) in [5.41, 5.74) is 0.354. The van der Waals surface area contributed by atoms with Crippen LogP contribution in [0.1, 0.15) is 47.8 Å². The number of aryl methyl sites for hydroxylation is 1. The Kier molecular flexibility index (Phi) is 3.30. The zero-order valence-corrected chi connectivity index (χ0v) is 11.7. The zero-order valence-electron chi connectivity index (χ0n) is 11.7. The van der Waals surface area contributed by atoms with Crippen LogP contribution in [-0.2, 0) is 0 Å². The molecule has 106 valence electrons. The highest BCUT2D eigenvalue weighted by Gasteiger charge is 2.34. The van der Waals surface area contributed by atoms with E-state index in [0.717, 1.165) is 30.9 Å². The lowest BCUT2D eigenvalue weighted by Gasteiger charge is -2.37. The Hall–Kier alpha value is -2.11. The number of H-pyrrole nitrogens is 1. The van der Waals surface area contributed by atoms with Gasteiger partial charge >= 0.3 is 0 Å². The molecule has 2 unspecified atom stereocenters. The normalized spacial score (nSPS) is 23.0. The van der Waals surface area contributed by atoms with Crippen molar-refractivity contribution in [2.75, 3.05) is 6.54 Å². The molecule has 2 atom stereocenters. The van der Waals surface area contributed by atoms with Gasteiger partial charge in [0.1, 0.15) is 11.5 Å². The van der Waals surface area contributed by atoms with Crippen LogP contribution >= 0.6 is 0 Å². The number of furan rings is 1. The summed E-state index contributed by atoms with van der Waals surface area (Å²) in [6.07, 6.45) is 3.38. The van der Waals surface area contributed by atoms with E-state index in [1.165, 1.54) is 6.20 Å². The summed E-state index contributed by atoms with van der Waals surface area (Å²) in [7, 11) is 0. The molecular formula is C14H18N4O2. The number of likely N-dealkylation sites (tertiary alicyclic amines) is 1. The molecule has 0 spiro atoms. The fourth-order valence-corrected chi connectivity index (χ4v) is 2.74. The SMILES string of the molecule is Cc1ccc(C2CC(C)CCN2C(=O)c2cn[nH]n2)o1. The average Bonchev–Trinajstić information content (AvgIpc) is 3.09. The van der Waals surface area contributed by atoms with Crippen molar-refractivity contribution in [2.45, 2.75) is 32.7 Å². The lowest BCUT2D eigenvalue weighted by atomic mass is 9.91. The van der Waals surface area contributed by atoms with Crippen LogP contribution in [0.25, 0.3) is 0 Å². The molecule has 6 heteroatoms. The van der Waals surface area contributed by atoms with Crippen molar-refractivity contribution < 1.29 is 9.21 Å². The number of nitrogens with one attached hydrogen (secondary N) is 1. The summed E-state index contributed by atoms with van der Waals surface area (Å²) in [4.78, 5) is 14.4. The highest BCUT2D eigenvalue weighted by Crippen LogP contribution is 2.35. The van der Waals surface area contributed by atoms with Gasteiger partial charge in [-0.15, -0.1) is 0 Å². The Labute approximate surface area is 117 Å². The maximum Gasteiger partial charge on any atom is 0.276 e. The van der Waals surface area contributed by atoms with Crippen molar-refractivity contribution >= 4 is 5.91 Å². The first kappa shape index (κ1) is 12.9. The molecular weight excluding hydrogens is 256 g/mol. The molecule has 1 aliphatic rings. The fraction of sp³-hybridized carbons (Fsp3) is 0.500. The number of piperidine rings is 1. The highest BCUT2D eigenvalue weighted by atomic mass is 16.3. The van der Waals surface area contributed by atoms with Gasteiger partial charge in [-0.05, 0) is 37.8 Å². The predicted molar refractivity (Wildman–Crippen MR) is 72.0 cm³/mol. The molecule has 2 aromatic rings. The van der Waals surface area contributed by atoms with Gasteiger partial charge in [-0.1, -0.05) is 6.92 Å². The molecule has 20 heavy (non-hydrogen) atoms. The fourth-order valence-electron chi connectivity index (χ4n) is 2.74. The summed E-state index contributed by atoms with van der Waals surface area (Å²) in [6.45, 7) is 4.84. The van der Waals surface area contributed by atoms with Gasteiger partial charge in [0.15, 0.2) is 5.69 Å². The number of aromatic nitrogens is 3. The van der Waals surface area contributed by atoms with E-state index in [0.29, 0.717) is 11.6 Å². The topological polar surface area (TPSA) is 75.0 Å². The summed E-state index contributed by atoms with van der Waals surface area (Å²) >= 11 is 0. The van der Waals surface area contributed by atoms with Crippen LogP contribution in [0.15, 0.2) is 22.7 Å². The molecule has 1 amide bonds. The molecule has 0 saturated carbocycles. The Bertz CT molecular complexity index is 590. The number of aromatic amines is 1. The van der Waals surface area contributed by atoms with Crippen molar-refractivity contribution in [3.8, 4) is 0 Å². The number of amides is 1. The Morgan fingerprint density at radius 2 is 2.35 bits per heavy atom. The molecule has 0 radical (unpaired) electrons. The van der Waals surface area contributed by atoms with E-state index >= 15 is 0 Å². The number of rotatable bonds is 2. The molecule has 1 fully saturated rings. The first-order valence-corrected chi connectivity index (χ1v) is 6.88. The van der Waals surface area contributed by atoms with Crippen molar-refractivity contribution in [3.63, 3.8) is 0 Å². The second-order valence-electron chi connectivity index (χ2n) is 5.45. The number of hydrogen-bond donors (Lipinski definition) is 1. The molecule has 0 bridgehead atoms. The molecule has 0 aliphatic carbocycles. The van der Waals surface area contributed by atoms with E-state index in [2.05, 4.69) is 22.3 Å². The van der Waals surface area contributed by atoms with Gasteiger partial charge in [0, 0.05) is 6.54 Å². The zero-order chi connectivity index (χ0) is 14.1. The van der Waals surface area contributed by atoms with Crippen LogP contribution < -0.4 is 0 Å². The van der Waals surface area contributed by atoms with Crippen molar-refractivity contribution in [1.29, 1.82) is 0 Å². The van der Waals surface area contributed by atoms with Crippen molar-refractivity contribution in [2.24, 2.45) is 5.92 Å². The minimum Gasteiger partial charge on any atom is -0.464 e. The quantitative estimate of drug-likeness (QED) is 0.912. The van der Waals surface area contributed by atoms with Crippen LogP contribution in [0.2, 0.25) is 0 Å². The third-order valence-corrected chi connectivity index (χ3v) is 3.85. The lowest BCUT2D eigenvalue weighted by molar-refractivity contribution is 0.0513. The molecule has 1 N–H and O–H groups in total. The number of carbonyl (C=O) groups excluding carboxylic acids is 1. The molecule has 1 aliphatic heterocycles. The van der Waals surface area contributed by atoms with Crippen LogP contribution in [0.4, 0.5) is 0 Å². The summed E-state index contributed by atoms with van der Waals surface area (Å²) in [6, 6.07) is 3.88. The molecule has 2 aromatic heterocycles. The predicted octanol–water partition coefficient (Wildman–Crippen LogP) is 2.32. The molecule has 6 nitrogen and oxygen atoms in total. The maximum absolute atomic E-state index is 12.5. The Morgan fingerprint density at radius 3 is 3.00 bits per heavy atom. The summed E-state index contributed by atoms with van der Waals surface area (Å²) < 4.78 is 5.73. The van der Waals surface area contributed by atoms with E-state index in [4.69, 9.17) is 4.42 Å². The average molecular weight is 274 g/mol. The smallest absolute Gasteiger partial charge is 0.276 e. The summed E-state index contributed by atoms with van der Waals surface area (Å²) in [5.74, 6) is 2.20. The van der Waals surface area contributed by atoms with E-state index in [1.54, 1.807) is 0 Å². The largest absolute Gasteiger partial charge is 0.464 e. The van der Waals surface area contributed by atoms with Crippen LogP contribution in [0.3, 0.4) is 0 Å². The minimum atomic E-state index is -0.0929. The van der Waals surface area contributed by atoms with Gasteiger partial charge in [0.25, 0.3) is 5.91 Å². The third-order valence-electron chi connectivity index (χ3n) is 3.85. The van der Waals surface area contributed by atoms with E-state index in [1.807, 2.05) is 24.0 Å². The van der Waals surface area contributed by atoms with E-state index in [9.17, 15) is 4.79 Å². The van der Waals surface area contributed by atoms with E-state index in [-0.39, 0.29) is 11.9 Å². The minimum absolute atomic E-state index is 0.0170. The third kappa shape index (κ3) is 2.33. The number of carbonyl (C=O) groups is 1. The van der Waals surface area contributed by atoms with Gasteiger partial charge in [-0.2, -0.15) is 15.4 Å². The monoisotopic (exact) mass is 274 g/mol. The van der Waals surface area contributed by atoms with Crippen molar-refractivity contribution in [3.05, 3.63) is 35.5 Å².